The molecule has 1 fully saturated rings. The Morgan fingerprint density at radius 3 is 2.85 bits per heavy atom. The van der Waals surface area contributed by atoms with Gasteiger partial charge < -0.3 is 15.0 Å². The number of likely N-dealkylation sites (tertiary alicyclic amines) is 1. The molecule has 0 radical (unpaired) electrons. The Kier molecular flexibility index (Phi) is 5.29. The van der Waals surface area contributed by atoms with Crippen molar-refractivity contribution >= 4 is 11.9 Å². The molecule has 1 amide bonds. The molecule has 2 heterocycles. The van der Waals surface area contributed by atoms with Gasteiger partial charge in [-0.1, -0.05) is 0 Å². The van der Waals surface area contributed by atoms with E-state index in [-0.39, 0.29) is 5.91 Å². The number of aromatic nitrogens is 2. The molecule has 2 rings (SSSR count). The lowest BCUT2D eigenvalue weighted by Gasteiger charge is -2.15. The second-order valence-electron chi connectivity index (χ2n) is 4.99. The van der Waals surface area contributed by atoms with E-state index < -0.39 is 0 Å². The van der Waals surface area contributed by atoms with E-state index in [0.717, 1.165) is 44.6 Å². The van der Waals surface area contributed by atoms with E-state index in [1.165, 1.54) is 0 Å². The summed E-state index contributed by atoms with van der Waals surface area (Å²) in [6.45, 7) is 4.97. The Balaban J connectivity index is 2.01. The monoisotopic (exact) mass is 278 g/mol. The number of carbonyl (C=O) groups is 1. The standard InChI is InChI=1S/C14H22N4O2/c1-11-10-12(13(19)18-7-3-4-8-18)17-14(16-11)15-6-5-9-20-2/h10H,3-9H2,1-2H3,(H,15,16,17). The van der Waals surface area contributed by atoms with E-state index in [2.05, 4.69) is 15.3 Å². The first kappa shape index (κ1) is 14.7. The van der Waals surface area contributed by atoms with E-state index in [1.807, 2.05) is 11.8 Å². The van der Waals surface area contributed by atoms with E-state index in [1.54, 1.807) is 13.2 Å². The van der Waals surface area contributed by atoms with Gasteiger partial charge in [0.15, 0.2) is 0 Å². The van der Waals surface area contributed by atoms with E-state index in [9.17, 15) is 4.79 Å². The predicted octanol–water partition coefficient (Wildman–Crippen LogP) is 1.47. The minimum atomic E-state index is 0.00735. The summed E-state index contributed by atoms with van der Waals surface area (Å²) < 4.78 is 4.99. The number of anilines is 1. The van der Waals surface area contributed by atoms with Crippen molar-refractivity contribution in [2.75, 3.05) is 38.7 Å². The van der Waals surface area contributed by atoms with Gasteiger partial charge in [0.1, 0.15) is 5.69 Å². The highest BCUT2D eigenvalue weighted by molar-refractivity contribution is 5.92. The minimum Gasteiger partial charge on any atom is -0.385 e. The summed E-state index contributed by atoms with van der Waals surface area (Å²) in [4.78, 5) is 22.8. The number of nitrogens with one attached hydrogen (secondary N) is 1. The highest BCUT2D eigenvalue weighted by Gasteiger charge is 2.21. The first-order valence-electron chi connectivity index (χ1n) is 7.08. The van der Waals surface area contributed by atoms with Crippen LogP contribution in [0.1, 0.15) is 35.4 Å². The number of rotatable bonds is 6. The molecule has 6 heteroatoms. The molecule has 20 heavy (non-hydrogen) atoms. The summed E-state index contributed by atoms with van der Waals surface area (Å²) in [6.07, 6.45) is 3.04. The van der Waals surface area contributed by atoms with Crippen LogP contribution in [0.15, 0.2) is 6.07 Å². The quantitative estimate of drug-likeness (QED) is 0.798. The van der Waals surface area contributed by atoms with Crippen LogP contribution in [0.3, 0.4) is 0 Å². The van der Waals surface area contributed by atoms with Crippen LogP contribution < -0.4 is 5.32 Å². The molecule has 1 aromatic rings. The molecule has 0 aliphatic carbocycles. The van der Waals surface area contributed by atoms with Crippen LogP contribution in [-0.4, -0.2) is 54.1 Å². The lowest BCUT2D eigenvalue weighted by atomic mass is 10.3. The molecule has 110 valence electrons. The van der Waals surface area contributed by atoms with Crippen LogP contribution in [0.5, 0.6) is 0 Å². The van der Waals surface area contributed by atoms with Crippen LogP contribution >= 0.6 is 0 Å². The Labute approximate surface area is 119 Å². The number of methoxy groups -OCH3 is 1. The number of carbonyl (C=O) groups excluding carboxylic acids is 1. The van der Waals surface area contributed by atoms with Crippen molar-refractivity contribution < 1.29 is 9.53 Å². The summed E-state index contributed by atoms with van der Waals surface area (Å²) in [6, 6.07) is 1.75. The average molecular weight is 278 g/mol. The van der Waals surface area contributed by atoms with Gasteiger partial charge in [-0.3, -0.25) is 4.79 Å². The molecule has 1 aromatic heterocycles. The van der Waals surface area contributed by atoms with E-state index >= 15 is 0 Å². The molecular weight excluding hydrogens is 256 g/mol. The molecule has 1 saturated heterocycles. The molecular formula is C14H22N4O2. The highest BCUT2D eigenvalue weighted by Crippen LogP contribution is 2.13. The van der Waals surface area contributed by atoms with Crippen molar-refractivity contribution in [1.82, 2.24) is 14.9 Å². The maximum absolute atomic E-state index is 12.3. The van der Waals surface area contributed by atoms with Gasteiger partial charge in [0.05, 0.1) is 0 Å². The number of nitrogens with zero attached hydrogens (tertiary/aromatic N) is 3. The average Bonchev–Trinajstić information content (AvgIpc) is 2.96. The van der Waals surface area contributed by atoms with Gasteiger partial charge >= 0.3 is 0 Å². The topological polar surface area (TPSA) is 67.3 Å². The Bertz CT molecular complexity index is 458. The van der Waals surface area contributed by atoms with Gasteiger partial charge in [-0.25, -0.2) is 9.97 Å². The lowest BCUT2D eigenvalue weighted by Crippen LogP contribution is -2.28. The van der Waals surface area contributed by atoms with Crippen molar-refractivity contribution in [1.29, 1.82) is 0 Å². The second-order valence-corrected chi connectivity index (χ2v) is 4.99. The predicted molar refractivity (Wildman–Crippen MR) is 76.9 cm³/mol. The molecule has 6 nitrogen and oxygen atoms in total. The first-order chi connectivity index (χ1) is 9.70. The number of hydrogen-bond donors (Lipinski definition) is 1. The summed E-state index contributed by atoms with van der Waals surface area (Å²) in [5, 5.41) is 3.13. The molecule has 1 aliphatic rings. The highest BCUT2D eigenvalue weighted by atomic mass is 16.5. The van der Waals surface area contributed by atoms with Crippen molar-refractivity contribution in [2.24, 2.45) is 0 Å². The van der Waals surface area contributed by atoms with Gasteiger partial charge in [-0.2, -0.15) is 0 Å². The smallest absolute Gasteiger partial charge is 0.272 e. The molecule has 0 unspecified atom stereocenters. The van der Waals surface area contributed by atoms with Crippen LogP contribution in [0, 0.1) is 6.92 Å². The van der Waals surface area contributed by atoms with E-state index in [0.29, 0.717) is 18.2 Å². The maximum Gasteiger partial charge on any atom is 0.272 e. The Morgan fingerprint density at radius 1 is 1.40 bits per heavy atom. The molecule has 0 saturated carbocycles. The number of ether oxygens (including phenoxy) is 1. The van der Waals surface area contributed by atoms with Crippen molar-refractivity contribution in [2.45, 2.75) is 26.2 Å². The Hall–Kier alpha value is -1.69. The maximum atomic E-state index is 12.3. The van der Waals surface area contributed by atoms with Crippen molar-refractivity contribution in [3.05, 3.63) is 17.5 Å². The fraction of sp³-hybridized carbons (Fsp3) is 0.643. The third-order valence-corrected chi connectivity index (χ3v) is 3.27. The zero-order valence-electron chi connectivity index (χ0n) is 12.2. The molecule has 0 atom stereocenters. The first-order valence-corrected chi connectivity index (χ1v) is 7.08. The molecule has 0 bridgehead atoms. The summed E-state index contributed by atoms with van der Waals surface area (Å²) in [5.41, 5.74) is 1.28. The second kappa shape index (κ2) is 7.19. The van der Waals surface area contributed by atoms with Crippen LogP contribution in [0.2, 0.25) is 0 Å². The Morgan fingerprint density at radius 2 is 2.15 bits per heavy atom. The van der Waals surface area contributed by atoms with E-state index in [4.69, 9.17) is 4.74 Å². The number of hydrogen-bond acceptors (Lipinski definition) is 5. The fourth-order valence-corrected chi connectivity index (χ4v) is 2.26. The van der Waals surface area contributed by atoms with Gasteiger partial charge in [0.25, 0.3) is 5.91 Å². The van der Waals surface area contributed by atoms with Gasteiger partial charge in [0.2, 0.25) is 5.95 Å². The fourth-order valence-electron chi connectivity index (χ4n) is 2.26. The normalized spacial score (nSPS) is 14.6. The van der Waals surface area contributed by atoms with Crippen molar-refractivity contribution in [3.8, 4) is 0 Å². The number of amides is 1. The number of aryl methyl sites for hydroxylation is 1. The largest absolute Gasteiger partial charge is 0.385 e. The molecule has 1 aliphatic heterocycles. The SMILES string of the molecule is COCCCNc1nc(C)cc(C(=O)N2CCCC2)n1. The summed E-state index contributed by atoms with van der Waals surface area (Å²) in [7, 11) is 1.68. The van der Waals surface area contributed by atoms with Gasteiger partial charge in [-0.15, -0.1) is 0 Å². The van der Waals surface area contributed by atoms with Gasteiger partial charge in [0, 0.05) is 39.0 Å². The zero-order chi connectivity index (χ0) is 14.4. The minimum absolute atomic E-state index is 0.00735. The van der Waals surface area contributed by atoms with Crippen molar-refractivity contribution in [3.63, 3.8) is 0 Å². The molecule has 0 aromatic carbocycles. The summed E-state index contributed by atoms with van der Waals surface area (Å²) >= 11 is 0. The molecule has 1 N–H and O–H groups in total. The third kappa shape index (κ3) is 3.90. The van der Waals surface area contributed by atoms with Gasteiger partial charge in [-0.05, 0) is 32.3 Å². The van der Waals surface area contributed by atoms with Crippen LogP contribution in [0.25, 0.3) is 0 Å². The summed E-state index contributed by atoms with van der Waals surface area (Å²) in [5.74, 6) is 0.525. The van der Waals surface area contributed by atoms with Crippen LogP contribution in [-0.2, 0) is 4.74 Å². The third-order valence-electron chi connectivity index (χ3n) is 3.27. The van der Waals surface area contributed by atoms with Crippen LogP contribution in [0.4, 0.5) is 5.95 Å². The molecule has 0 spiro atoms. The zero-order valence-corrected chi connectivity index (χ0v) is 12.2. The lowest BCUT2D eigenvalue weighted by molar-refractivity contribution is 0.0787.